The van der Waals surface area contributed by atoms with Crippen molar-refractivity contribution < 1.29 is 79.4 Å². The Labute approximate surface area is 743 Å². The van der Waals surface area contributed by atoms with Gasteiger partial charge in [-0.2, -0.15) is 64.4 Å². The van der Waals surface area contributed by atoms with Crippen molar-refractivity contribution in [3.05, 3.63) is 246 Å². The molecule has 12 rings (SSSR count). The maximum absolute atomic E-state index is 12.9. The number of alkyl halides is 12. The van der Waals surface area contributed by atoms with E-state index in [0.29, 0.717) is 86.8 Å². The van der Waals surface area contributed by atoms with Crippen LogP contribution in [0.1, 0.15) is 321 Å². The first-order valence-corrected chi connectivity index (χ1v) is 45.7. The molecule has 4 aromatic heterocycles. The van der Waals surface area contributed by atoms with Gasteiger partial charge in [0.15, 0.2) is 9.84 Å². The third-order valence-electron chi connectivity index (χ3n) is 21.1. The van der Waals surface area contributed by atoms with Gasteiger partial charge in [0.1, 0.15) is 34.8 Å². The number of nitrogens with zero attached hydrogens (tertiary/aromatic N) is 4. The van der Waals surface area contributed by atoms with Gasteiger partial charge in [0, 0.05) is 43.1 Å². The highest BCUT2D eigenvalue weighted by atomic mass is 35.5. The molecular weight excluding hydrogens is 1690 g/mol. The molecule has 0 unspecified atom stereocenters. The number of thioether (sulfide) groups is 1. The van der Waals surface area contributed by atoms with E-state index in [1.165, 1.54) is 116 Å². The van der Waals surface area contributed by atoms with Crippen LogP contribution in [0.25, 0.3) is 0 Å². The summed E-state index contributed by atoms with van der Waals surface area (Å²) in [7, 11) is -1.48. The fourth-order valence-corrected chi connectivity index (χ4v) is 16.1. The minimum absolute atomic E-state index is 0.0697. The zero-order chi connectivity index (χ0) is 95.4. The van der Waals surface area contributed by atoms with E-state index in [1.807, 2.05) is 57.8 Å². The summed E-state index contributed by atoms with van der Waals surface area (Å²) < 4.78 is 209. The average Bonchev–Trinajstić information content (AvgIpc) is 1.58. The minimum Gasteiger partial charge on any atom is -0.383 e. The first-order valence-electron chi connectivity index (χ1n) is 42.3. The molecule has 6 N–H and O–H groups in total. The van der Waals surface area contributed by atoms with Crippen LogP contribution in [0.3, 0.4) is 0 Å². The van der Waals surface area contributed by atoms with Crippen LogP contribution in [-0.4, -0.2) is 71.0 Å². The summed E-state index contributed by atoms with van der Waals surface area (Å²) in [6.07, 6.45) is -1.40. The van der Waals surface area contributed by atoms with Crippen molar-refractivity contribution in [3.63, 3.8) is 0 Å². The molecule has 125 heavy (non-hydrogen) atoms. The molecule has 3 aliphatic heterocycles. The van der Waals surface area contributed by atoms with Crippen molar-refractivity contribution in [2.45, 2.75) is 298 Å². The minimum atomic E-state index is -4.48. The van der Waals surface area contributed by atoms with E-state index in [1.54, 1.807) is 92.3 Å². The van der Waals surface area contributed by atoms with Gasteiger partial charge >= 0.3 is 24.7 Å². The van der Waals surface area contributed by atoms with Crippen LogP contribution in [0.4, 0.5) is 78.9 Å². The molecule has 2 atom stereocenters. The molecule has 2 saturated heterocycles. The summed E-state index contributed by atoms with van der Waals surface area (Å²) in [4.78, 5) is 16.0. The van der Waals surface area contributed by atoms with Crippen LogP contribution >= 0.6 is 23.4 Å². The second kappa shape index (κ2) is 50.2. The molecule has 7 heterocycles. The number of fused-ring (bicyclic) bond motifs is 2. The number of sulfone groups is 1. The Bertz CT molecular complexity index is 4640. The molecule has 0 radical (unpaired) electrons. The van der Waals surface area contributed by atoms with Gasteiger partial charge in [-0.25, -0.2) is 32.2 Å². The third-order valence-corrected chi connectivity index (χ3v) is 23.4. The number of ether oxygens (including phenoxy) is 2. The second-order valence-corrected chi connectivity index (χ2v) is 38.2. The summed E-state index contributed by atoms with van der Waals surface area (Å²) in [5.74, 6) is 5.95. The average molecular weight is 1830 g/mol. The smallest absolute Gasteiger partial charge is 0.383 e. The summed E-state index contributed by atoms with van der Waals surface area (Å²) in [6, 6.07) is 29.9. The lowest BCUT2D eigenvalue weighted by molar-refractivity contribution is -0.142. The Morgan fingerprint density at radius 3 is 1.34 bits per heavy atom. The predicted octanol–water partition coefficient (Wildman–Crippen LogP) is 29.8. The first kappa shape index (κ1) is 111. The van der Waals surface area contributed by atoms with E-state index < -0.39 is 68.6 Å². The summed E-state index contributed by atoms with van der Waals surface area (Å²) in [5.41, 5.74) is 24.2. The van der Waals surface area contributed by atoms with Crippen LogP contribution < -0.4 is 17.2 Å². The van der Waals surface area contributed by atoms with Crippen molar-refractivity contribution in [2.24, 2.45) is 11.8 Å². The first-order chi connectivity index (χ1) is 57.7. The van der Waals surface area contributed by atoms with Crippen molar-refractivity contribution >= 4 is 50.7 Å². The highest BCUT2D eigenvalue weighted by Crippen LogP contribution is 2.43. The number of aromatic nitrogens is 4. The van der Waals surface area contributed by atoms with E-state index in [0.717, 1.165) is 59.2 Å². The Balaban J connectivity index is 0.000000359. The monoisotopic (exact) mass is 1820 g/mol. The molecule has 696 valence electrons. The highest BCUT2D eigenvalue weighted by Gasteiger charge is 2.39. The van der Waals surface area contributed by atoms with Crippen LogP contribution in [0.5, 0.6) is 0 Å². The van der Waals surface area contributed by atoms with Crippen LogP contribution in [0.2, 0.25) is 5.02 Å². The van der Waals surface area contributed by atoms with Gasteiger partial charge in [-0.15, -0.1) is 0 Å². The number of pyridine rings is 4. The number of aryl methyl sites for hydroxylation is 2. The summed E-state index contributed by atoms with van der Waals surface area (Å²) in [5, 5.41) is 0.642. The number of halogens is 15. The molecule has 3 fully saturated rings. The van der Waals surface area contributed by atoms with Gasteiger partial charge in [0.2, 0.25) is 0 Å². The molecule has 0 spiro atoms. The van der Waals surface area contributed by atoms with Crippen molar-refractivity contribution in [3.8, 4) is 0 Å². The van der Waals surface area contributed by atoms with E-state index in [4.69, 9.17) is 38.3 Å². The van der Waals surface area contributed by atoms with Crippen LogP contribution in [-0.2, 0) is 44.0 Å². The molecule has 4 aliphatic rings. The van der Waals surface area contributed by atoms with Gasteiger partial charge in [-0.05, 0) is 235 Å². The lowest BCUT2D eigenvalue weighted by atomic mass is 9.85. The second-order valence-electron chi connectivity index (χ2n) is 34.6. The van der Waals surface area contributed by atoms with E-state index in [9.17, 15) is 69.9 Å². The normalized spacial score (nSPS) is 15.5. The maximum atomic E-state index is 12.9. The number of methoxy groups -OCH3 is 1. The molecule has 0 amide bonds. The van der Waals surface area contributed by atoms with Crippen LogP contribution in [0.15, 0.2) is 150 Å². The molecular formula is C97H132ClF14N7O4S2. The van der Waals surface area contributed by atoms with E-state index in [-0.39, 0.29) is 51.2 Å². The molecule has 1 aliphatic carbocycles. The van der Waals surface area contributed by atoms with Gasteiger partial charge in [-0.1, -0.05) is 228 Å². The van der Waals surface area contributed by atoms with Crippen LogP contribution in [0, 0.1) is 37.3 Å². The molecule has 11 nitrogen and oxygen atoms in total. The van der Waals surface area contributed by atoms with Gasteiger partial charge in [-0.3, -0.25) is 4.98 Å². The molecule has 2 bridgehead atoms. The number of nitrogens with two attached hydrogens (primary N) is 3. The number of rotatable bonds is 13. The number of nitrogen functional groups attached to an aromatic ring is 3. The van der Waals surface area contributed by atoms with Gasteiger partial charge in [0.25, 0.3) is 0 Å². The Kier molecular flexibility index (Phi) is 44.7. The largest absolute Gasteiger partial charge is 0.433 e. The lowest BCUT2D eigenvalue weighted by Gasteiger charge is -2.39. The Hall–Kier alpha value is -7.85. The molecule has 8 aromatic rings. The fraction of sp³-hybridized carbons (Fsp3) is 0.526. The zero-order valence-corrected chi connectivity index (χ0v) is 79.2. The SMILES string of the molecule is CC(C)C1=C[C@H]2CC[C@@H](C1)O2.CC(C)c1cc(Cl)cnc1N.CC(C)c1ccc(C2CC2)nc1N.CC(C)c1ccc(F)cc1C(F)(F)F.CC(C)c1ccc(F)cc1S(C)(=O)=O.CC(C)c1ccccc1C(F)(F)F.CC(C)c1cccnc1C(F)(F)F.COC1(C(C)C)CCSCC1.Cc1ccc(C(C)C)c(C(F)(F)F)c1.Cc1ccc(C(C)C)c(N)n1. The molecule has 4 aromatic carbocycles. The quantitative estimate of drug-likeness (QED) is 0.0735. The van der Waals surface area contributed by atoms with E-state index >= 15 is 0 Å². The predicted molar refractivity (Wildman–Crippen MR) is 485 cm³/mol. The fourth-order valence-electron chi connectivity index (χ4n) is 13.7. The number of hydrogen-bond acceptors (Lipinski definition) is 12. The Morgan fingerprint density at radius 2 is 0.928 bits per heavy atom. The zero-order valence-electron chi connectivity index (χ0n) is 76.8. The van der Waals surface area contributed by atoms with Gasteiger partial charge < -0.3 is 26.7 Å². The van der Waals surface area contributed by atoms with Crippen molar-refractivity contribution in [1.29, 1.82) is 0 Å². The van der Waals surface area contributed by atoms with Gasteiger partial charge in [0.05, 0.1) is 44.4 Å². The Morgan fingerprint density at radius 1 is 0.480 bits per heavy atom. The maximum Gasteiger partial charge on any atom is 0.433 e. The molecule has 1 saturated carbocycles. The van der Waals surface area contributed by atoms with Crippen molar-refractivity contribution in [2.75, 3.05) is 42.1 Å². The highest BCUT2D eigenvalue weighted by molar-refractivity contribution is 7.99. The standard InChI is InChI=1S/C11H13F3.C11H16N2.C10H10F4.C10H11F3.C10H13FO2S.C10H16O.C9H10F3N.C9H14N2.C9H18OS.C8H11ClN2/c1-7(2)9-5-4-8(3)6-10(9)11(12,13)14;1-7(2)9-5-6-10(8-3-4-8)13-11(9)12;1-6(2)8-4-3-7(11)5-9(8)10(12,13)14;1-7(2)8-5-3-4-6-9(8)10(11,12)13;1-7(2)9-5-4-8(11)6-10(9)14(3,12)13;1-7(2)8-5-9-3-4-10(6-8)11-9;1-6(2)7-4-3-5-13-8(7)9(10,11)12;1-6(2)8-5-4-7(3)11-9(8)10;1-8(2)9(10-3)4-6-11-7-5-9;1-5(2)7-3-6(9)4-11-8(7)10/h4-7H,1-3H3;5-8H,3-4H2,1-2H3,(H2,12,13);3-6H,1-2H3;3-7H,1-2H3;4-7H,1-3H3;5,7,9-10H,3-4,6H2,1-2H3;3-6H,1-2H3;4-6H,1-3H3,(H2,10,11);8H,4-7H2,1-3H3;3-5H,1-2H3,(H2,10,11)/t;;;;;9-,10+;;;;/m.....1..../s1. The lowest BCUT2D eigenvalue weighted by Crippen LogP contribution is -2.40. The summed E-state index contributed by atoms with van der Waals surface area (Å²) >= 11 is 7.79. The number of anilines is 3. The van der Waals surface area contributed by atoms with E-state index in [2.05, 4.69) is 107 Å². The third kappa shape index (κ3) is 37.4. The van der Waals surface area contributed by atoms with Crippen molar-refractivity contribution in [1.82, 2.24) is 19.9 Å². The molecule has 28 heteroatoms. The summed E-state index contributed by atoms with van der Waals surface area (Å²) in [6.45, 7) is 42.8. The topological polar surface area (TPSA) is 182 Å². The number of hydrogen-bond donors (Lipinski definition) is 3. The number of benzene rings is 4.